The van der Waals surface area contributed by atoms with Crippen LogP contribution in [-0.4, -0.2) is 30.6 Å². The minimum atomic E-state index is -0.745. The number of ether oxygens (including phenoxy) is 1. The van der Waals surface area contributed by atoms with E-state index in [0.29, 0.717) is 17.9 Å². The van der Waals surface area contributed by atoms with E-state index in [1.165, 1.54) is 0 Å². The zero-order valence-corrected chi connectivity index (χ0v) is 15.2. The van der Waals surface area contributed by atoms with Gasteiger partial charge >= 0.3 is 12.0 Å². The van der Waals surface area contributed by atoms with Crippen LogP contribution < -0.4 is 10.6 Å². The lowest BCUT2D eigenvalue weighted by atomic mass is 9.79. The Balaban J connectivity index is 1.98. The van der Waals surface area contributed by atoms with E-state index in [-0.39, 0.29) is 6.04 Å². The zero-order chi connectivity index (χ0) is 18.4. The zero-order valence-electron chi connectivity index (χ0n) is 14.4. The molecule has 2 N–H and O–H groups in total. The number of amides is 3. The Morgan fingerprint density at radius 1 is 1.16 bits per heavy atom. The van der Waals surface area contributed by atoms with Crippen LogP contribution in [0, 0.1) is 0 Å². The summed E-state index contributed by atoms with van der Waals surface area (Å²) in [6.45, 7) is 3.07. The largest absolute Gasteiger partial charge is 0.455 e. The standard InChI is InChI=1S/C18H23ClN2O4/c1-12(2)20-17(24)21-15(22)11-25-16(23)18(9-3-4-10-18)13-5-7-14(19)8-6-13/h5-8,12H,3-4,9-11H2,1-2H3,(H2,20,21,22,24). The third kappa shape index (κ3) is 4.95. The number of esters is 1. The van der Waals surface area contributed by atoms with Crippen LogP contribution in [0.2, 0.25) is 5.02 Å². The molecule has 1 aliphatic rings. The van der Waals surface area contributed by atoms with Crippen LogP contribution >= 0.6 is 11.6 Å². The molecule has 1 aromatic carbocycles. The number of imide groups is 1. The Hall–Kier alpha value is -2.08. The van der Waals surface area contributed by atoms with E-state index in [4.69, 9.17) is 16.3 Å². The Kier molecular flexibility index (Phi) is 6.42. The molecule has 7 heteroatoms. The number of halogens is 1. The van der Waals surface area contributed by atoms with Crippen molar-refractivity contribution < 1.29 is 19.1 Å². The molecule has 0 atom stereocenters. The first-order valence-corrected chi connectivity index (χ1v) is 8.75. The van der Waals surface area contributed by atoms with Gasteiger partial charge < -0.3 is 10.1 Å². The molecule has 1 aromatic rings. The van der Waals surface area contributed by atoms with Gasteiger partial charge in [0.15, 0.2) is 6.61 Å². The summed E-state index contributed by atoms with van der Waals surface area (Å²) >= 11 is 5.92. The lowest BCUT2D eigenvalue weighted by Gasteiger charge is -2.27. The summed E-state index contributed by atoms with van der Waals surface area (Å²) in [5.74, 6) is -1.09. The molecule has 0 saturated heterocycles. The summed E-state index contributed by atoms with van der Waals surface area (Å²) in [5.41, 5.74) is 0.0998. The molecule has 0 aliphatic heterocycles. The molecule has 0 unspecified atom stereocenters. The number of carbonyl (C=O) groups excluding carboxylic acids is 3. The topological polar surface area (TPSA) is 84.5 Å². The molecule has 0 bridgehead atoms. The van der Waals surface area contributed by atoms with Crippen LogP contribution in [0.15, 0.2) is 24.3 Å². The maximum atomic E-state index is 12.7. The average Bonchev–Trinajstić information content (AvgIpc) is 3.03. The Morgan fingerprint density at radius 2 is 1.76 bits per heavy atom. The molecular weight excluding hydrogens is 344 g/mol. The minimum Gasteiger partial charge on any atom is -0.455 e. The van der Waals surface area contributed by atoms with Crippen LogP contribution in [0.5, 0.6) is 0 Å². The van der Waals surface area contributed by atoms with E-state index < -0.39 is 29.9 Å². The first-order chi connectivity index (χ1) is 11.8. The molecule has 1 fully saturated rings. The van der Waals surface area contributed by atoms with Gasteiger partial charge in [-0.25, -0.2) is 4.79 Å². The molecule has 25 heavy (non-hydrogen) atoms. The number of benzene rings is 1. The lowest BCUT2D eigenvalue weighted by molar-refractivity contribution is -0.154. The number of nitrogens with one attached hydrogen (secondary N) is 2. The molecule has 1 aliphatic carbocycles. The van der Waals surface area contributed by atoms with Crippen LogP contribution in [0.1, 0.15) is 45.1 Å². The second-order valence-corrected chi connectivity index (χ2v) is 6.99. The summed E-state index contributed by atoms with van der Waals surface area (Å²) in [7, 11) is 0. The number of hydrogen-bond donors (Lipinski definition) is 2. The Morgan fingerprint density at radius 3 is 2.32 bits per heavy atom. The maximum absolute atomic E-state index is 12.7. The summed E-state index contributed by atoms with van der Waals surface area (Å²) in [6, 6.07) is 6.43. The summed E-state index contributed by atoms with van der Waals surface area (Å²) in [6.07, 6.45) is 3.17. The van der Waals surface area contributed by atoms with Gasteiger partial charge in [0.25, 0.3) is 5.91 Å². The molecule has 136 valence electrons. The van der Waals surface area contributed by atoms with Gasteiger partial charge in [-0.05, 0) is 44.4 Å². The molecular formula is C18H23ClN2O4. The van der Waals surface area contributed by atoms with Gasteiger partial charge in [0.05, 0.1) is 5.41 Å². The normalized spacial score (nSPS) is 15.7. The van der Waals surface area contributed by atoms with Crippen molar-refractivity contribution in [2.75, 3.05) is 6.61 Å². The molecule has 6 nitrogen and oxygen atoms in total. The van der Waals surface area contributed by atoms with Crippen molar-refractivity contribution in [1.82, 2.24) is 10.6 Å². The van der Waals surface area contributed by atoms with Crippen molar-refractivity contribution in [3.8, 4) is 0 Å². The highest BCUT2D eigenvalue weighted by Gasteiger charge is 2.44. The highest BCUT2D eigenvalue weighted by molar-refractivity contribution is 6.30. The highest BCUT2D eigenvalue weighted by Crippen LogP contribution is 2.42. The van der Waals surface area contributed by atoms with Crippen molar-refractivity contribution in [3.05, 3.63) is 34.9 Å². The molecule has 0 heterocycles. The van der Waals surface area contributed by atoms with Crippen LogP contribution in [0.3, 0.4) is 0 Å². The SMILES string of the molecule is CC(C)NC(=O)NC(=O)COC(=O)C1(c2ccc(Cl)cc2)CCCC1. The van der Waals surface area contributed by atoms with Gasteiger partial charge in [-0.3, -0.25) is 14.9 Å². The summed E-state index contributed by atoms with van der Waals surface area (Å²) in [5, 5.41) is 5.26. The van der Waals surface area contributed by atoms with Crippen molar-refractivity contribution in [2.45, 2.75) is 51.0 Å². The van der Waals surface area contributed by atoms with E-state index in [2.05, 4.69) is 10.6 Å². The number of urea groups is 1. The molecule has 0 spiro atoms. The number of rotatable bonds is 5. The fourth-order valence-corrected chi connectivity index (χ4v) is 3.21. The van der Waals surface area contributed by atoms with E-state index in [9.17, 15) is 14.4 Å². The molecule has 2 rings (SSSR count). The third-order valence-electron chi connectivity index (χ3n) is 4.25. The number of hydrogen-bond acceptors (Lipinski definition) is 4. The first-order valence-electron chi connectivity index (χ1n) is 8.37. The predicted octanol–water partition coefficient (Wildman–Crippen LogP) is 2.93. The van der Waals surface area contributed by atoms with Crippen molar-refractivity contribution in [3.63, 3.8) is 0 Å². The molecule has 1 saturated carbocycles. The average molecular weight is 367 g/mol. The predicted molar refractivity (Wildman–Crippen MR) is 94.4 cm³/mol. The van der Waals surface area contributed by atoms with E-state index >= 15 is 0 Å². The Bertz CT molecular complexity index is 637. The monoisotopic (exact) mass is 366 g/mol. The van der Waals surface area contributed by atoms with Gasteiger partial charge in [0.2, 0.25) is 0 Å². The minimum absolute atomic E-state index is 0.0954. The van der Waals surface area contributed by atoms with Crippen molar-refractivity contribution in [1.29, 1.82) is 0 Å². The lowest BCUT2D eigenvalue weighted by Crippen LogP contribution is -2.45. The van der Waals surface area contributed by atoms with Crippen LogP contribution in [0.25, 0.3) is 0 Å². The van der Waals surface area contributed by atoms with E-state index in [1.807, 2.05) is 12.1 Å². The summed E-state index contributed by atoms with van der Waals surface area (Å²) in [4.78, 5) is 35.9. The van der Waals surface area contributed by atoms with Crippen molar-refractivity contribution >= 4 is 29.5 Å². The van der Waals surface area contributed by atoms with Crippen LogP contribution in [-0.2, 0) is 19.7 Å². The fourth-order valence-electron chi connectivity index (χ4n) is 3.09. The van der Waals surface area contributed by atoms with Crippen molar-refractivity contribution in [2.24, 2.45) is 0 Å². The van der Waals surface area contributed by atoms with Gasteiger partial charge in [0, 0.05) is 11.1 Å². The van der Waals surface area contributed by atoms with E-state index in [0.717, 1.165) is 18.4 Å². The third-order valence-corrected chi connectivity index (χ3v) is 4.50. The van der Waals surface area contributed by atoms with E-state index in [1.54, 1.807) is 26.0 Å². The fraction of sp³-hybridized carbons (Fsp3) is 0.500. The molecule has 3 amide bonds. The van der Waals surface area contributed by atoms with Gasteiger partial charge in [-0.15, -0.1) is 0 Å². The van der Waals surface area contributed by atoms with Gasteiger partial charge in [0.1, 0.15) is 0 Å². The number of carbonyl (C=O) groups is 3. The smallest absolute Gasteiger partial charge is 0.321 e. The highest BCUT2D eigenvalue weighted by atomic mass is 35.5. The van der Waals surface area contributed by atoms with Gasteiger partial charge in [-0.1, -0.05) is 36.6 Å². The second kappa shape index (κ2) is 8.34. The van der Waals surface area contributed by atoms with Crippen LogP contribution in [0.4, 0.5) is 4.79 Å². The Labute approximate surface area is 152 Å². The van der Waals surface area contributed by atoms with Gasteiger partial charge in [-0.2, -0.15) is 0 Å². The quantitative estimate of drug-likeness (QED) is 0.785. The summed E-state index contributed by atoms with van der Waals surface area (Å²) < 4.78 is 5.22. The first kappa shape index (κ1) is 19.2. The second-order valence-electron chi connectivity index (χ2n) is 6.55. The molecule has 0 radical (unpaired) electrons. The maximum Gasteiger partial charge on any atom is 0.321 e. The molecule has 0 aromatic heterocycles.